The molecule has 0 radical (unpaired) electrons. The summed E-state index contributed by atoms with van der Waals surface area (Å²) < 4.78 is 1.30. The molecule has 0 heterocycles. The van der Waals surface area contributed by atoms with Crippen LogP contribution in [0.25, 0.3) is 0 Å². The Morgan fingerprint density at radius 3 is 2.28 bits per heavy atom. The minimum atomic E-state index is 0.0399. The quantitative estimate of drug-likeness (QED) is 0.799. The molecule has 1 nitrogen and oxygen atoms in total. The minimum Gasteiger partial charge on any atom is -0.325 e. The third-order valence-corrected chi connectivity index (χ3v) is 5.16. The van der Waals surface area contributed by atoms with Gasteiger partial charge in [0, 0.05) is 9.11 Å². The molecule has 1 aliphatic carbocycles. The van der Waals surface area contributed by atoms with Crippen molar-refractivity contribution in [3.63, 3.8) is 0 Å². The van der Waals surface area contributed by atoms with Gasteiger partial charge < -0.3 is 5.73 Å². The predicted octanol–water partition coefficient (Wildman–Crippen LogP) is 4.38. The molecule has 18 heavy (non-hydrogen) atoms. The Morgan fingerprint density at radius 2 is 1.78 bits per heavy atom. The lowest BCUT2D eigenvalue weighted by molar-refractivity contribution is 0.194. The van der Waals surface area contributed by atoms with E-state index in [4.69, 9.17) is 5.73 Å². The lowest BCUT2D eigenvalue weighted by Crippen LogP contribution is -2.45. The Labute approximate surface area is 125 Å². The van der Waals surface area contributed by atoms with Gasteiger partial charge in [-0.15, -0.1) is 0 Å². The summed E-state index contributed by atoms with van der Waals surface area (Å²) in [5.41, 5.74) is 8.02. The van der Waals surface area contributed by atoms with Crippen LogP contribution < -0.4 is 5.73 Å². The van der Waals surface area contributed by atoms with Gasteiger partial charge in [-0.05, 0) is 84.2 Å². The van der Waals surface area contributed by atoms with Crippen LogP contribution in [0, 0.1) is 15.4 Å². The van der Waals surface area contributed by atoms with Gasteiger partial charge in [0.05, 0.1) is 0 Å². The molecule has 0 bridgehead atoms. The maximum absolute atomic E-state index is 6.59. The van der Waals surface area contributed by atoms with Crippen LogP contribution in [0.3, 0.4) is 0 Å². The lowest BCUT2D eigenvalue weighted by atomic mass is 9.71. The van der Waals surface area contributed by atoms with E-state index >= 15 is 0 Å². The Hall–Kier alpha value is -0.0900. The molecule has 0 spiro atoms. The Bertz CT molecular complexity index is 375. The topological polar surface area (TPSA) is 26.0 Å². The van der Waals surface area contributed by atoms with Crippen molar-refractivity contribution in [3.05, 3.63) is 33.4 Å². The van der Waals surface area contributed by atoms with Crippen molar-refractivity contribution in [2.75, 3.05) is 0 Å². The molecule has 1 aliphatic rings. The molecule has 0 amide bonds. The highest BCUT2D eigenvalue weighted by Gasteiger charge is 2.32. The van der Waals surface area contributed by atoms with E-state index < -0.39 is 0 Å². The van der Waals surface area contributed by atoms with Gasteiger partial charge in [0.25, 0.3) is 0 Å². The molecule has 100 valence electrons. The second kappa shape index (κ2) is 5.91. The van der Waals surface area contributed by atoms with Crippen LogP contribution >= 0.6 is 22.6 Å². The summed E-state index contributed by atoms with van der Waals surface area (Å²) >= 11 is 2.35. The van der Waals surface area contributed by atoms with Gasteiger partial charge in [-0.25, -0.2) is 0 Å². The van der Waals surface area contributed by atoms with Crippen molar-refractivity contribution in [1.29, 1.82) is 0 Å². The van der Waals surface area contributed by atoms with Crippen molar-refractivity contribution in [2.24, 2.45) is 17.6 Å². The van der Waals surface area contributed by atoms with Gasteiger partial charge >= 0.3 is 0 Å². The normalized spacial score (nSPS) is 28.6. The third-order valence-electron chi connectivity index (χ3n) is 4.44. The first-order valence-corrected chi connectivity index (χ1v) is 8.10. The molecule has 2 N–H and O–H groups in total. The smallest absolute Gasteiger partial charge is 0.0195 e. The molecule has 1 fully saturated rings. The SMILES string of the molecule is CC(C)C1CCC(N)(Cc2ccc(I)cc2)CC1. The Morgan fingerprint density at radius 1 is 1.22 bits per heavy atom. The molecule has 1 aromatic carbocycles. The van der Waals surface area contributed by atoms with E-state index in [0.29, 0.717) is 0 Å². The van der Waals surface area contributed by atoms with Crippen LogP contribution in [-0.2, 0) is 6.42 Å². The van der Waals surface area contributed by atoms with Crippen LogP contribution in [0.5, 0.6) is 0 Å². The van der Waals surface area contributed by atoms with E-state index in [9.17, 15) is 0 Å². The van der Waals surface area contributed by atoms with E-state index in [1.54, 1.807) is 0 Å². The first kappa shape index (κ1) is 14.3. The Balaban J connectivity index is 1.95. The Kier molecular flexibility index (Phi) is 4.70. The van der Waals surface area contributed by atoms with Crippen molar-refractivity contribution in [2.45, 2.75) is 51.5 Å². The number of benzene rings is 1. The van der Waals surface area contributed by atoms with Crippen LogP contribution in [0.15, 0.2) is 24.3 Å². The first-order chi connectivity index (χ1) is 8.48. The van der Waals surface area contributed by atoms with Gasteiger partial charge in [0.1, 0.15) is 0 Å². The van der Waals surface area contributed by atoms with Crippen LogP contribution in [-0.4, -0.2) is 5.54 Å². The second-order valence-electron chi connectivity index (χ2n) is 6.25. The fraction of sp³-hybridized carbons (Fsp3) is 0.625. The summed E-state index contributed by atoms with van der Waals surface area (Å²) in [5.74, 6) is 1.70. The van der Waals surface area contributed by atoms with Gasteiger partial charge in [0.2, 0.25) is 0 Å². The predicted molar refractivity (Wildman–Crippen MR) is 86.6 cm³/mol. The van der Waals surface area contributed by atoms with E-state index in [-0.39, 0.29) is 5.54 Å². The van der Waals surface area contributed by atoms with Crippen LogP contribution in [0.4, 0.5) is 0 Å². The molecular weight excluding hydrogens is 333 g/mol. The summed E-state index contributed by atoms with van der Waals surface area (Å²) in [6, 6.07) is 8.81. The summed E-state index contributed by atoms with van der Waals surface area (Å²) in [5, 5.41) is 0. The molecule has 0 atom stereocenters. The summed E-state index contributed by atoms with van der Waals surface area (Å²) in [6.45, 7) is 4.68. The summed E-state index contributed by atoms with van der Waals surface area (Å²) in [4.78, 5) is 0. The zero-order valence-corrected chi connectivity index (χ0v) is 13.6. The average Bonchev–Trinajstić information content (AvgIpc) is 2.32. The van der Waals surface area contributed by atoms with Crippen molar-refractivity contribution in [1.82, 2.24) is 0 Å². The van der Waals surface area contributed by atoms with E-state index in [0.717, 1.165) is 18.3 Å². The second-order valence-corrected chi connectivity index (χ2v) is 7.49. The molecular formula is C16H24IN. The molecule has 2 heteroatoms. The van der Waals surface area contributed by atoms with Gasteiger partial charge in [-0.2, -0.15) is 0 Å². The highest BCUT2D eigenvalue weighted by Crippen LogP contribution is 2.36. The highest BCUT2D eigenvalue weighted by molar-refractivity contribution is 14.1. The maximum atomic E-state index is 6.59. The maximum Gasteiger partial charge on any atom is 0.0195 e. The molecule has 0 unspecified atom stereocenters. The minimum absolute atomic E-state index is 0.0399. The zero-order valence-electron chi connectivity index (χ0n) is 11.5. The zero-order chi connectivity index (χ0) is 13.2. The van der Waals surface area contributed by atoms with Crippen LogP contribution in [0.2, 0.25) is 0 Å². The van der Waals surface area contributed by atoms with Gasteiger partial charge in [0.15, 0.2) is 0 Å². The summed E-state index contributed by atoms with van der Waals surface area (Å²) in [6.07, 6.45) is 6.01. The van der Waals surface area contributed by atoms with E-state index in [1.165, 1.54) is 34.8 Å². The fourth-order valence-electron chi connectivity index (χ4n) is 3.07. The van der Waals surface area contributed by atoms with Gasteiger partial charge in [-0.1, -0.05) is 26.0 Å². The first-order valence-electron chi connectivity index (χ1n) is 7.02. The fourth-order valence-corrected chi connectivity index (χ4v) is 3.43. The average molecular weight is 357 g/mol. The molecule has 0 aromatic heterocycles. The van der Waals surface area contributed by atoms with Gasteiger partial charge in [-0.3, -0.25) is 0 Å². The number of hydrogen-bond donors (Lipinski definition) is 1. The summed E-state index contributed by atoms with van der Waals surface area (Å²) in [7, 11) is 0. The van der Waals surface area contributed by atoms with Crippen molar-refractivity contribution >= 4 is 22.6 Å². The van der Waals surface area contributed by atoms with Crippen LogP contribution in [0.1, 0.15) is 45.1 Å². The number of rotatable bonds is 3. The number of halogens is 1. The molecule has 1 saturated carbocycles. The lowest BCUT2D eigenvalue weighted by Gasteiger charge is -2.38. The monoisotopic (exact) mass is 357 g/mol. The molecule has 2 rings (SSSR count). The number of hydrogen-bond acceptors (Lipinski definition) is 1. The highest BCUT2D eigenvalue weighted by atomic mass is 127. The largest absolute Gasteiger partial charge is 0.325 e. The van der Waals surface area contributed by atoms with E-state index in [2.05, 4.69) is 60.7 Å². The van der Waals surface area contributed by atoms with Crippen molar-refractivity contribution < 1.29 is 0 Å². The molecule has 0 aliphatic heterocycles. The molecule has 0 saturated heterocycles. The molecule has 1 aromatic rings. The standard InChI is InChI=1S/C16H24IN/c1-12(2)14-7-9-16(18,10-8-14)11-13-3-5-15(17)6-4-13/h3-6,12,14H,7-11,18H2,1-2H3. The third kappa shape index (κ3) is 3.70. The van der Waals surface area contributed by atoms with Crippen molar-refractivity contribution in [3.8, 4) is 0 Å². The number of nitrogens with two attached hydrogens (primary N) is 1. The van der Waals surface area contributed by atoms with E-state index in [1.807, 2.05) is 0 Å².